The van der Waals surface area contributed by atoms with E-state index < -0.39 is 0 Å². The molecule has 144 valence electrons. The molecule has 1 fully saturated rings. The number of methoxy groups -OCH3 is 1. The van der Waals surface area contributed by atoms with Gasteiger partial charge in [-0.2, -0.15) is 5.10 Å². The van der Waals surface area contributed by atoms with Crippen LogP contribution in [0.25, 0.3) is 22.4 Å². The normalized spacial score (nSPS) is 19.2. The van der Waals surface area contributed by atoms with E-state index in [9.17, 15) is 0 Å². The van der Waals surface area contributed by atoms with Crippen molar-refractivity contribution in [2.45, 2.75) is 25.0 Å². The molecule has 0 radical (unpaired) electrons. The van der Waals surface area contributed by atoms with Crippen LogP contribution in [0.2, 0.25) is 0 Å². The van der Waals surface area contributed by atoms with Gasteiger partial charge in [-0.05, 0) is 31.0 Å². The Labute approximate surface area is 161 Å². The van der Waals surface area contributed by atoms with Gasteiger partial charge in [0, 0.05) is 37.3 Å². The van der Waals surface area contributed by atoms with Crippen LogP contribution in [0.3, 0.4) is 0 Å². The minimum Gasteiger partial charge on any atom is -0.382 e. The molecule has 4 aromatic heterocycles. The lowest BCUT2D eigenvalue weighted by atomic mass is 9.89. The van der Waals surface area contributed by atoms with Crippen LogP contribution in [0.5, 0.6) is 0 Å². The van der Waals surface area contributed by atoms with E-state index >= 15 is 0 Å². The molecule has 1 N–H and O–H groups in total. The van der Waals surface area contributed by atoms with Crippen molar-refractivity contribution in [2.75, 3.05) is 25.6 Å². The summed E-state index contributed by atoms with van der Waals surface area (Å²) < 4.78 is 14.3. The molecular formula is C19H21N7O2. The van der Waals surface area contributed by atoms with Gasteiger partial charge in [0.1, 0.15) is 0 Å². The van der Waals surface area contributed by atoms with E-state index in [0.29, 0.717) is 31.3 Å². The molecule has 4 aromatic rings. The molecule has 1 aliphatic carbocycles. The van der Waals surface area contributed by atoms with E-state index in [1.165, 1.54) is 0 Å². The van der Waals surface area contributed by atoms with Crippen LogP contribution in [0, 0.1) is 0 Å². The van der Waals surface area contributed by atoms with Gasteiger partial charge in [0.25, 0.3) is 0 Å². The molecule has 0 saturated heterocycles. The van der Waals surface area contributed by atoms with E-state index in [-0.39, 0.29) is 0 Å². The van der Waals surface area contributed by atoms with Crippen LogP contribution in [0.15, 0.2) is 43.0 Å². The lowest BCUT2D eigenvalue weighted by Crippen LogP contribution is -2.41. The molecule has 1 aliphatic rings. The first-order valence-corrected chi connectivity index (χ1v) is 9.32. The van der Waals surface area contributed by atoms with E-state index in [4.69, 9.17) is 9.47 Å². The average Bonchev–Trinajstić information content (AvgIpc) is 3.31. The number of nitrogens with one attached hydrogen (secondary N) is 1. The second-order valence-corrected chi connectivity index (χ2v) is 6.89. The summed E-state index contributed by atoms with van der Waals surface area (Å²) in [5, 5.41) is 12.6. The van der Waals surface area contributed by atoms with Crippen LogP contribution in [-0.2, 0) is 9.47 Å². The Kier molecular flexibility index (Phi) is 4.38. The highest BCUT2D eigenvalue weighted by Gasteiger charge is 2.30. The molecule has 1 saturated carbocycles. The summed E-state index contributed by atoms with van der Waals surface area (Å²) in [6.45, 7) is 1.27. The molecule has 0 spiro atoms. The molecule has 0 bridgehead atoms. The first kappa shape index (κ1) is 17.1. The molecule has 9 nitrogen and oxygen atoms in total. The number of nitrogens with zero attached hydrogens (tertiary/aromatic N) is 6. The molecule has 4 heterocycles. The zero-order chi connectivity index (χ0) is 18.9. The standard InChI is InChI=1S/C19H21N7O2/c1-27-8-9-28-14-10-13(11-14)22-19-21-12-17-15(4-6-25(17)24-19)16-2-3-18-20-5-7-26(18)23-16/h2-7,12-14H,8-11H2,1H3,(H,22,24)/t13-,14+. The average molecular weight is 379 g/mol. The van der Waals surface area contributed by atoms with Crippen molar-refractivity contribution in [3.8, 4) is 11.3 Å². The topological polar surface area (TPSA) is 90.9 Å². The predicted octanol–water partition coefficient (Wildman–Crippen LogP) is 2.04. The lowest BCUT2D eigenvalue weighted by molar-refractivity contribution is -0.0261. The second-order valence-electron chi connectivity index (χ2n) is 6.89. The van der Waals surface area contributed by atoms with Gasteiger partial charge in [0.15, 0.2) is 5.65 Å². The van der Waals surface area contributed by atoms with Gasteiger partial charge in [0.2, 0.25) is 5.95 Å². The van der Waals surface area contributed by atoms with Crippen LogP contribution in [0.1, 0.15) is 12.8 Å². The Morgan fingerprint density at radius 1 is 1.07 bits per heavy atom. The summed E-state index contributed by atoms with van der Waals surface area (Å²) >= 11 is 0. The fourth-order valence-electron chi connectivity index (χ4n) is 3.44. The van der Waals surface area contributed by atoms with E-state index in [2.05, 4.69) is 25.5 Å². The SMILES string of the molecule is COCCO[C@H]1C[C@@H](Nc2ncc3c(-c4ccc5nccn5n4)ccn3n2)C1. The minimum absolute atomic E-state index is 0.290. The zero-order valence-electron chi connectivity index (χ0n) is 15.5. The molecule has 0 unspecified atom stereocenters. The van der Waals surface area contributed by atoms with Gasteiger partial charge in [-0.3, -0.25) is 0 Å². The summed E-state index contributed by atoms with van der Waals surface area (Å²) in [4.78, 5) is 8.72. The number of rotatable bonds is 7. The monoisotopic (exact) mass is 379 g/mol. The van der Waals surface area contributed by atoms with E-state index in [1.54, 1.807) is 17.8 Å². The molecule has 0 amide bonds. The second kappa shape index (κ2) is 7.17. The number of anilines is 1. The maximum absolute atomic E-state index is 5.71. The summed E-state index contributed by atoms with van der Waals surface area (Å²) in [5.41, 5.74) is 3.57. The van der Waals surface area contributed by atoms with Gasteiger partial charge < -0.3 is 14.8 Å². The largest absolute Gasteiger partial charge is 0.382 e. The summed E-state index contributed by atoms with van der Waals surface area (Å²) in [6, 6.07) is 6.25. The van der Waals surface area contributed by atoms with Crippen LogP contribution >= 0.6 is 0 Å². The van der Waals surface area contributed by atoms with Crippen molar-refractivity contribution >= 4 is 17.1 Å². The Bertz CT molecular complexity index is 1100. The minimum atomic E-state index is 0.290. The van der Waals surface area contributed by atoms with E-state index in [0.717, 1.165) is 35.3 Å². The van der Waals surface area contributed by atoms with Crippen molar-refractivity contribution < 1.29 is 9.47 Å². The molecule has 5 rings (SSSR count). The third kappa shape index (κ3) is 3.19. The van der Waals surface area contributed by atoms with Crippen molar-refractivity contribution in [2.24, 2.45) is 0 Å². The number of hydrogen-bond donors (Lipinski definition) is 1. The first-order valence-electron chi connectivity index (χ1n) is 9.32. The van der Waals surface area contributed by atoms with Crippen molar-refractivity contribution in [1.82, 2.24) is 29.2 Å². The fourth-order valence-corrected chi connectivity index (χ4v) is 3.44. The number of ether oxygens (including phenoxy) is 2. The maximum Gasteiger partial charge on any atom is 0.241 e. The van der Waals surface area contributed by atoms with Crippen molar-refractivity contribution in [1.29, 1.82) is 0 Å². The molecular weight excluding hydrogens is 358 g/mol. The highest BCUT2D eigenvalue weighted by Crippen LogP contribution is 2.27. The number of imidazole rings is 1. The summed E-state index contributed by atoms with van der Waals surface area (Å²) in [5.74, 6) is 0.619. The van der Waals surface area contributed by atoms with Crippen LogP contribution in [0.4, 0.5) is 5.95 Å². The molecule has 28 heavy (non-hydrogen) atoms. The lowest BCUT2D eigenvalue weighted by Gasteiger charge is -2.35. The first-order chi connectivity index (χ1) is 13.8. The van der Waals surface area contributed by atoms with Gasteiger partial charge >= 0.3 is 0 Å². The van der Waals surface area contributed by atoms with Crippen LogP contribution in [-0.4, -0.2) is 61.7 Å². The number of hydrogen-bond acceptors (Lipinski definition) is 7. The van der Waals surface area contributed by atoms with E-state index in [1.807, 2.05) is 41.3 Å². The van der Waals surface area contributed by atoms with Crippen molar-refractivity contribution in [3.05, 3.63) is 43.0 Å². The summed E-state index contributed by atoms with van der Waals surface area (Å²) in [6.07, 6.45) is 9.52. The molecule has 0 aromatic carbocycles. The van der Waals surface area contributed by atoms with Gasteiger partial charge in [-0.15, -0.1) is 5.10 Å². The Balaban J connectivity index is 1.29. The van der Waals surface area contributed by atoms with Crippen molar-refractivity contribution in [3.63, 3.8) is 0 Å². The van der Waals surface area contributed by atoms with Crippen LogP contribution < -0.4 is 5.32 Å². The smallest absolute Gasteiger partial charge is 0.241 e. The Hall–Kier alpha value is -3.04. The third-order valence-corrected chi connectivity index (χ3v) is 5.02. The Morgan fingerprint density at radius 3 is 2.89 bits per heavy atom. The number of aromatic nitrogens is 6. The number of fused-ring (bicyclic) bond motifs is 2. The van der Waals surface area contributed by atoms with Gasteiger partial charge in [0.05, 0.1) is 36.7 Å². The van der Waals surface area contributed by atoms with Gasteiger partial charge in [-0.1, -0.05) is 0 Å². The molecule has 0 atom stereocenters. The summed E-state index contributed by atoms with van der Waals surface area (Å²) in [7, 11) is 1.68. The molecule has 9 heteroatoms. The quantitative estimate of drug-likeness (QED) is 0.491. The maximum atomic E-state index is 5.71. The fraction of sp³-hybridized carbons (Fsp3) is 0.368. The molecule has 0 aliphatic heterocycles. The highest BCUT2D eigenvalue weighted by molar-refractivity contribution is 5.78. The van der Waals surface area contributed by atoms with Gasteiger partial charge in [-0.25, -0.2) is 19.0 Å². The Morgan fingerprint density at radius 2 is 2.00 bits per heavy atom. The predicted molar refractivity (Wildman–Crippen MR) is 103 cm³/mol. The zero-order valence-corrected chi connectivity index (χ0v) is 15.5. The third-order valence-electron chi connectivity index (χ3n) is 5.02. The highest BCUT2D eigenvalue weighted by atomic mass is 16.5.